The number of hydrogen-bond donors (Lipinski definition) is 2. The molecular weight excluding hydrogens is 346 g/mol. The van der Waals surface area contributed by atoms with E-state index < -0.39 is 24.0 Å². The number of carbonyl (C=O) groups is 3. The van der Waals surface area contributed by atoms with Gasteiger partial charge in [-0.3, -0.25) is 10.1 Å². The third-order valence-corrected chi connectivity index (χ3v) is 4.17. The first-order valence-electron chi connectivity index (χ1n) is 7.32. The van der Waals surface area contributed by atoms with Crippen LogP contribution in [0, 0.1) is 6.92 Å². The number of primary amides is 1. The summed E-state index contributed by atoms with van der Waals surface area (Å²) in [4.78, 5) is 35.3. The fourth-order valence-electron chi connectivity index (χ4n) is 1.90. The van der Waals surface area contributed by atoms with Crippen molar-refractivity contribution in [3.63, 3.8) is 0 Å². The van der Waals surface area contributed by atoms with Crippen molar-refractivity contribution < 1.29 is 23.6 Å². The Morgan fingerprint density at radius 2 is 2.08 bits per heavy atom. The molecule has 1 atom stereocenters. The summed E-state index contributed by atoms with van der Waals surface area (Å²) in [5.74, 6) is -0.243. The van der Waals surface area contributed by atoms with Gasteiger partial charge in [0.25, 0.3) is 5.91 Å². The lowest BCUT2D eigenvalue weighted by molar-refractivity contribution is -0.127. The van der Waals surface area contributed by atoms with Crippen molar-refractivity contribution in [3.05, 3.63) is 47.3 Å². The zero-order chi connectivity index (χ0) is 18.4. The van der Waals surface area contributed by atoms with E-state index in [1.165, 1.54) is 18.7 Å². The van der Waals surface area contributed by atoms with Crippen molar-refractivity contribution in [2.75, 3.05) is 0 Å². The molecule has 9 heteroatoms. The molecule has 0 spiro atoms. The lowest BCUT2D eigenvalue weighted by Crippen LogP contribution is -2.42. The van der Waals surface area contributed by atoms with E-state index in [1.54, 1.807) is 31.2 Å². The van der Waals surface area contributed by atoms with Gasteiger partial charge in [0.2, 0.25) is 0 Å². The normalized spacial score (nSPS) is 11.6. The Balaban J connectivity index is 2.04. The molecule has 2 aromatic rings. The number of hydrogen-bond acceptors (Lipinski definition) is 7. The van der Waals surface area contributed by atoms with Crippen LogP contribution in [0.5, 0.6) is 0 Å². The molecule has 2 rings (SSSR count). The molecule has 0 fully saturated rings. The number of ether oxygens (including phenoxy) is 1. The number of aromatic nitrogens is 1. The van der Waals surface area contributed by atoms with Crippen molar-refractivity contribution in [3.8, 4) is 0 Å². The Labute approximate surface area is 148 Å². The maximum atomic E-state index is 12.3. The zero-order valence-corrected chi connectivity index (χ0v) is 14.5. The molecule has 0 unspecified atom stereocenters. The molecule has 1 heterocycles. The summed E-state index contributed by atoms with van der Waals surface area (Å²) in [6.07, 6.45) is -1.16. The van der Waals surface area contributed by atoms with E-state index in [9.17, 15) is 14.4 Å². The molecule has 8 nitrogen and oxygen atoms in total. The van der Waals surface area contributed by atoms with E-state index in [4.69, 9.17) is 15.0 Å². The summed E-state index contributed by atoms with van der Waals surface area (Å²) in [5.41, 5.74) is 5.93. The SMILES string of the molecule is Cc1cc(CSc2ccccc2C(=O)O[C@H](C)C(=O)NC(N)=O)no1. The Hall–Kier alpha value is -2.81. The quantitative estimate of drug-likeness (QED) is 0.594. The minimum Gasteiger partial charge on any atom is -0.449 e. The highest BCUT2D eigenvalue weighted by Gasteiger charge is 2.21. The summed E-state index contributed by atoms with van der Waals surface area (Å²) in [7, 11) is 0. The van der Waals surface area contributed by atoms with Gasteiger partial charge in [-0.05, 0) is 26.0 Å². The van der Waals surface area contributed by atoms with Crippen molar-refractivity contribution in [2.45, 2.75) is 30.6 Å². The van der Waals surface area contributed by atoms with Crippen LogP contribution in [0.25, 0.3) is 0 Å². The number of rotatable bonds is 6. The van der Waals surface area contributed by atoms with Crippen LogP contribution in [0.4, 0.5) is 4.79 Å². The summed E-state index contributed by atoms with van der Waals surface area (Å²) in [5, 5.41) is 5.76. The fraction of sp³-hybridized carbons (Fsp3) is 0.250. The fourth-order valence-corrected chi connectivity index (χ4v) is 2.82. The summed E-state index contributed by atoms with van der Waals surface area (Å²) in [6.45, 7) is 3.15. The van der Waals surface area contributed by atoms with E-state index >= 15 is 0 Å². The molecule has 0 saturated heterocycles. The lowest BCUT2D eigenvalue weighted by atomic mass is 10.2. The second kappa shape index (κ2) is 8.34. The van der Waals surface area contributed by atoms with Gasteiger partial charge in [-0.15, -0.1) is 11.8 Å². The van der Waals surface area contributed by atoms with E-state index in [2.05, 4.69) is 5.16 Å². The molecule has 0 radical (unpaired) electrons. The highest BCUT2D eigenvalue weighted by atomic mass is 32.2. The molecule has 0 saturated carbocycles. The third-order valence-electron chi connectivity index (χ3n) is 3.06. The molecule has 0 aliphatic heterocycles. The Kier molecular flexibility index (Phi) is 6.18. The number of nitrogens with two attached hydrogens (primary N) is 1. The number of thioether (sulfide) groups is 1. The minimum absolute atomic E-state index is 0.312. The number of urea groups is 1. The van der Waals surface area contributed by atoms with Crippen molar-refractivity contribution in [1.29, 1.82) is 0 Å². The van der Waals surface area contributed by atoms with Gasteiger partial charge >= 0.3 is 12.0 Å². The number of nitrogens with zero attached hydrogens (tertiary/aromatic N) is 1. The Bertz CT molecular complexity index is 790. The van der Waals surface area contributed by atoms with Crippen molar-refractivity contribution in [2.24, 2.45) is 5.73 Å². The van der Waals surface area contributed by atoms with Gasteiger partial charge in [0.05, 0.1) is 11.3 Å². The summed E-state index contributed by atoms with van der Waals surface area (Å²) >= 11 is 1.39. The second-order valence-electron chi connectivity index (χ2n) is 5.11. The first kappa shape index (κ1) is 18.5. The number of benzene rings is 1. The van der Waals surface area contributed by atoms with Crippen LogP contribution < -0.4 is 11.1 Å². The molecule has 1 aromatic carbocycles. The standard InChI is InChI=1S/C16H17N3O5S/c1-9-7-11(19-24-9)8-25-13-6-4-3-5-12(13)15(21)23-10(2)14(20)18-16(17)22/h3-7,10H,8H2,1-2H3,(H3,17,18,20,22)/t10-/m1/s1. The van der Waals surface area contributed by atoms with E-state index in [1.807, 2.05) is 11.4 Å². The summed E-state index contributed by atoms with van der Waals surface area (Å²) in [6, 6.07) is 7.64. The first-order valence-corrected chi connectivity index (χ1v) is 8.30. The highest BCUT2D eigenvalue weighted by molar-refractivity contribution is 7.98. The molecule has 132 valence electrons. The molecular formula is C16H17N3O5S. The third kappa shape index (κ3) is 5.35. The van der Waals surface area contributed by atoms with Gasteiger partial charge in [0, 0.05) is 16.7 Å². The molecule has 1 aromatic heterocycles. The van der Waals surface area contributed by atoms with Crippen molar-refractivity contribution >= 4 is 29.7 Å². The molecule has 3 amide bonds. The van der Waals surface area contributed by atoms with Crippen LogP contribution >= 0.6 is 11.8 Å². The van der Waals surface area contributed by atoms with Crippen LogP contribution in [-0.4, -0.2) is 29.2 Å². The first-order chi connectivity index (χ1) is 11.9. The zero-order valence-electron chi connectivity index (χ0n) is 13.6. The molecule has 0 aliphatic rings. The van der Waals surface area contributed by atoms with Gasteiger partial charge in [0.1, 0.15) is 5.76 Å². The average molecular weight is 363 g/mol. The van der Waals surface area contributed by atoms with Crippen LogP contribution in [-0.2, 0) is 15.3 Å². The number of imide groups is 1. The Morgan fingerprint density at radius 1 is 1.36 bits per heavy atom. The number of carbonyl (C=O) groups excluding carboxylic acids is 3. The van der Waals surface area contributed by atoms with Gasteiger partial charge in [-0.25, -0.2) is 9.59 Å². The largest absolute Gasteiger partial charge is 0.449 e. The topological polar surface area (TPSA) is 125 Å². The van der Waals surface area contributed by atoms with Gasteiger partial charge in [-0.1, -0.05) is 17.3 Å². The van der Waals surface area contributed by atoms with E-state index in [0.717, 1.165) is 5.69 Å². The number of esters is 1. The lowest BCUT2D eigenvalue weighted by Gasteiger charge is -2.13. The second-order valence-corrected chi connectivity index (χ2v) is 6.13. The molecule has 25 heavy (non-hydrogen) atoms. The molecule has 0 bridgehead atoms. The molecule has 3 N–H and O–H groups in total. The predicted molar refractivity (Wildman–Crippen MR) is 89.8 cm³/mol. The minimum atomic E-state index is -1.16. The van der Waals surface area contributed by atoms with Crippen LogP contribution in [0.2, 0.25) is 0 Å². The number of aryl methyl sites for hydroxylation is 1. The monoisotopic (exact) mass is 363 g/mol. The summed E-state index contributed by atoms with van der Waals surface area (Å²) < 4.78 is 10.1. The van der Waals surface area contributed by atoms with E-state index in [0.29, 0.717) is 22.0 Å². The van der Waals surface area contributed by atoms with E-state index in [-0.39, 0.29) is 0 Å². The highest BCUT2D eigenvalue weighted by Crippen LogP contribution is 2.27. The van der Waals surface area contributed by atoms with Gasteiger partial charge in [-0.2, -0.15) is 0 Å². The maximum absolute atomic E-state index is 12.3. The number of amides is 3. The van der Waals surface area contributed by atoms with Crippen LogP contribution in [0.15, 0.2) is 39.8 Å². The predicted octanol–water partition coefficient (Wildman–Crippen LogP) is 2.02. The number of nitrogens with one attached hydrogen (secondary N) is 1. The maximum Gasteiger partial charge on any atom is 0.340 e. The van der Waals surface area contributed by atoms with Gasteiger partial charge in [0.15, 0.2) is 6.10 Å². The van der Waals surface area contributed by atoms with Crippen molar-refractivity contribution in [1.82, 2.24) is 10.5 Å². The van der Waals surface area contributed by atoms with Crippen LogP contribution in [0.3, 0.4) is 0 Å². The van der Waals surface area contributed by atoms with Crippen LogP contribution in [0.1, 0.15) is 28.7 Å². The van der Waals surface area contributed by atoms with Gasteiger partial charge < -0.3 is 15.0 Å². The average Bonchev–Trinajstić information content (AvgIpc) is 2.98. The smallest absolute Gasteiger partial charge is 0.340 e. The Morgan fingerprint density at radius 3 is 2.72 bits per heavy atom. The molecule has 0 aliphatic carbocycles.